The SMILES string of the molecule is COc1cc(OC)cc(Oc2ccc(C(=O)O)c(Br)c2)c1. The first-order valence-electron chi connectivity index (χ1n) is 5.97. The van der Waals surface area contributed by atoms with Gasteiger partial charge in [0.2, 0.25) is 0 Å². The molecule has 0 amide bonds. The van der Waals surface area contributed by atoms with Gasteiger partial charge >= 0.3 is 5.97 Å². The molecule has 110 valence electrons. The monoisotopic (exact) mass is 352 g/mol. The first kappa shape index (κ1) is 15.2. The zero-order valence-corrected chi connectivity index (χ0v) is 13.0. The van der Waals surface area contributed by atoms with Crippen LogP contribution >= 0.6 is 15.9 Å². The van der Waals surface area contributed by atoms with E-state index in [0.29, 0.717) is 27.5 Å². The highest BCUT2D eigenvalue weighted by Gasteiger charge is 2.10. The van der Waals surface area contributed by atoms with Gasteiger partial charge in [0.1, 0.15) is 23.0 Å². The minimum atomic E-state index is -1.00. The van der Waals surface area contributed by atoms with Crippen LogP contribution in [0, 0.1) is 0 Å². The van der Waals surface area contributed by atoms with E-state index in [2.05, 4.69) is 15.9 Å². The van der Waals surface area contributed by atoms with Crippen molar-refractivity contribution in [1.82, 2.24) is 0 Å². The van der Waals surface area contributed by atoms with Gasteiger partial charge in [0.15, 0.2) is 0 Å². The number of rotatable bonds is 5. The number of carboxylic acids is 1. The summed E-state index contributed by atoms with van der Waals surface area (Å²) in [6, 6.07) is 9.80. The molecule has 0 aliphatic carbocycles. The smallest absolute Gasteiger partial charge is 0.336 e. The van der Waals surface area contributed by atoms with Gasteiger partial charge in [0.25, 0.3) is 0 Å². The van der Waals surface area contributed by atoms with Crippen LogP contribution in [0.4, 0.5) is 0 Å². The van der Waals surface area contributed by atoms with Gasteiger partial charge < -0.3 is 19.3 Å². The molecule has 2 aromatic rings. The molecule has 0 unspecified atom stereocenters. The Kier molecular flexibility index (Phi) is 4.70. The van der Waals surface area contributed by atoms with Crippen molar-refractivity contribution in [3.63, 3.8) is 0 Å². The van der Waals surface area contributed by atoms with Gasteiger partial charge in [-0.15, -0.1) is 0 Å². The maximum absolute atomic E-state index is 11.0. The lowest BCUT2D eigenvalue weighted by atomic mass is 10.2. The highest BCUT2D eigenvalue weighted by Crippen LogP contribution is 2.32. The first-order chi connectivity index (χ1) is 10.0. The number of halogens is 1. The van der Waals surface area contributed by atoms with Gasteiger partial charge in [-0.3, -0.25) is 0 Å². The average molecular weight is 353 g/mol. The third kappa shape index (κ3) is 3.66. The summed E-state index contributed by atoms with van der Waals surface area (Å²) < 4.78 is 16.5. The Bertz CT molecular complexity index is 647. The van der Waals surface area contributed by atoms with E-state index >= 15 is 0 Å². The molecule has 0 saturated heterocycles. The molecule has 0 radical (unpaired) electrons. The molecule has 0 atom stereocenters. The summed E-state index contributed by atoms with van der Waals surface area (Å²) in [4.78, 5) is 11.0. The molecule has 2 rings (SSSR count). The Morgan fingerprint density at radius 3 is 2.00 bits per heavy atom. The van der Waals surface area contributed by atoms with Crippen LogP contribution in [-0.4, -0.2) is 25.3 Å². The normalized spacial score (nSPS) is 10.0. The number of benzene rings is 2. The molecule has 6 heteroatoms. The van der Waals surface area contributed by atoms with E-state index in [1.807, 2.05) is 0 Å². The Hall–Kier alpha value is -2.21. The van der Waals surface area contributed by atoms with Gasteiger partial charge in [0.05, 0.1) is 19.8 Å². The Morgan fingerprint density at radius 1 is 0.952 bits per heavy atom. The van der Waals surface area contributed by atoms with Crippen LogP contribution in [0.15, 0.2) is 40.9 Å². The molecule has 0 aromatic heterocycles. The van der Waals surface area contributed by atoms with Crippen LogP contribution in [-0.2, 0) is 0 Å². The van der Waals surface area contributed by atoms with Crippen molar-refractivity contribution in [3.8, 4) is 23.0 Å². The molecule has 0 aliphatic heterocycles. The van der Waals surface area contributed by atoms with Crippen LogP contribution in [0.25, 0.3) is 0 Å². The quantitative estimate of drug-likeness (QED) is 0.882. The van der Waals surface area contributed by atoms with E-state index in [-0.39, 0.29) is 5.56 Å². The number of methoxy groups -OCH3 is 2. The predicted molar refractivity (Wildman–Crippen MR) is 80.7 cm³/mol. The molecular formula is C15H13BrO5. The summed E-state index contributed by atoms with van der Waals surface area (Å²) in [6.45, 7) is 0. The van der Waals surface area contributed by atoms with Crippen molar-refractivity contribution in [2.75, 3.05) is 14.2 Å². The fraction of sp³-hybridized carbons (Fsp3) is 0.133. The molecule has 0 bridgehead atoms. The molecule has 1 N–H and O–H groups in total. The molecular weight excluding hydrogens is 340 g/mol. The average Bonchev–Trinajstić information content (AvgIpc) is 2.46. The van der Waals surface area contributed by atoms with Crippen LogP contribution in [0.2, 0.25) is 0 Å². The van der Waals surface area contributed by atoms with E-state index in [0.717, 1.165) is 0 Å². The second-order valence-electron chi connectivity index (χ2n) is 4.10. The number of carbonyl (C=O) groups is 1. The van der Waals surface area contributed by atoms with E-state index in [9.17, 15) is 4.79 Å². The van der Waals surface area contributed by atoms with E-state index in [4.69, 9.17) is 19.3 Å². The topological polar surface area (TPSA) is 65.0 Å². The molecule has 0 spiro atoms. The van der Waals surface area contributed by atoms with Crippen molar-refractivity contribution >= 4 is 21.9 Å². The number of carboxylic acid groups (broad SMARTS) is 1. The molecule has 21 heavy (non-hydrogen) atoms. The van der Waals surface area contributed by atoms with Crippen LogP contribution in [0.5, 0.6) is 23.0 Å². The number of aromatic carboxylic acids is 1. The molecule has 0 saturated carbocycles. The fourth-order valence-corrected chi connectivity index (χ4v) is 2.24. The second-order valence-corrected chi connectivity index (χ2v) is 4.95. The van der Waals surface area contributed by atoms with Crippen molar-refractivity contribution in [2.45, 2.75) is 0 Å². The lowest BCUT2D eigenvalue weighted by Crippen LogP contribution is -1.97. The summed E-state index contributed by atoms with van der Waals surface area (Å²) in [7, 11) is 3.10. The first-order valence-corrected chi connectivity index (χ1v) is 6.76. The van der Waals surface area contributed by atoms with Crippen molar-refractivity contribution < 1.29 is 24.1 Å². The summed E-state index contributed by atoms with van der Waals surface area (Å²) in [5, 5.41) is 8.98. The highest BCUT2D eigenvalue weighted by atomic mass is 79.9. The Morgan fingerprint density at radius 2 is 1.52 bits per heavy atom. The molecule has 2 aromatic carbocycles. The summed E-state index contributed by atoms with van der Waals surface area (Å²) in [5.41, 5.74) is 0.172. The summed E-state index contributed by atoms with van der Waals surface area (Å²) in [6.07, 6.45) is 0. The number of ether oxygens (including phenoxy) is 3. The standard InChI is InChI=1S/C15H13BrO5/c1-19-10-5-11(20-2)7-12(6-10)21-9-3-4-13(15(17)18)14(16)8-9/h3-8H,1-2H3,(H,17,18). The second kappa shape index (κ2) is 6.49. The fourth-order valence-electron chi connectivity index (χ4n) is 1.71. The number of hydrogen-bond acceptors (Lipinski definition) is 4. The van der Waals surface area contributed by atoms with Crippen LogP contribution < -0.4 is 14.2 Å². The largest absolute Gasteiger partial charge is 0.496 e. The van der Waals surface area contributed by atoms with Crippen LogP contribution in [0.3, 0.4) is 0 Å². The van der Waals surface area contributed by atoms with E-state index < -0.39 is 5.97 Å². The van der Waals surface area contributed by atoms with Gasteiger partial charge in [-0.25, -0.2) is 4.79 Å². The lowest BCUT2D eigenvalue weighted by Gasteiger charge is -2.10. The maximum Gasteiger partial charge on any atom is 0.336 e. The summed E-state index contributed by atoms with van der Waals surface area (Å²) in [5.74, 6) is 1.23. The van der Waals surface area contributed by atoms with E-state index in [1.165, 1.54) is 6.07 Å². The van der Waals surface area contributed by atoms with Gasteiger partial charge in [-0.05, 0) is 34.1 Å². The Balaban J connectivity index is 2.29. The Labute approximate surface area is 130 Å². The van der Waals surface area contributed by atoms with Gasteiger partial charge in [-0.1, -0.05) is 0 Å². The zero-order valence-electron chi connectivity index (χ0n) is 11.4. The van der Waals surface area contributed by atoms with Crippen molar-refractivity contribution in [2.24, 2.45) is 0 Å². The lowest BCUT2D eigenvalue weighted by molar-refractivity contribution is 0.0696. The molecule has 5 nitrogen and oxygen atoms in total. The minimum absolute atomic E-state index is 0.172. The van der Waals surface area contributed by atoms with Crippen LogP contribution in [0.1, 0.15) is 10.4 Å². The van der Waals surface area contributed by atoms with Crippen molar-refractivity contribution in [3.05, 3.63) is 46.4 Å². The third-order valence-electron chi connectivity index (χ3n) is 2.73. The van der Waals surface area contributed by atoms with Gasteiger partial charge in [-0.2, -0.15) is 0 Å². The predicted octanol–water partition coefficient (Wildman–Crippen LogP) is 3.96. The molecule has 0 fully saturated rings. The molecule has 0 heterocycles. The molecule has 0 aliphatic rings. The van der Waals surface area contributed by atoms with Crippen molar-refractivity contribution in [1.29, 1.82) is 0 Å². The maximum atomic E-state index is 11.0. The zero-order chi connectivity index (χ0) is 15.4. The number of hydrogen-bond donors (Lipinski definition) is 1. The van der Waals surface area contributed by atoms with Gasteiger partial charge in [0, 0.05) is 22.7 Å². The third-order valence-corrected chi connectivity index (χ3v) is 3.39. The minimum Gasteiger partial charge on any atom is -0.496 e. The summed E-state index contributed by atoms with van der Waals surface area (Å²) >= 11 is 3.21. The highest BCUT2D eigenvalue weighted by molar-refractivity contribution is 9.10. The van der Waals surface area contributed by atoms with E-state index in [1.54, 1.807) is 44.6 Å².